The molecule has 0 atom stereocenters. The third-order valence-corrected chi connectivity index (χ3v) is 4.47. The zero-order chi connectivity index (χ0) is 15.3. The standard InChI is InChI=1S/C17H13BrN2O2/c1-22-10-3-5-15-13(7-10)17-12(8-16(21)19-15)11-6-9(18)2-4-14(11)20-17/h2-7,20H,8H2,1H3,(H,19,21). The average Bonchev–Trinajstić information content (AvgIpc) is 2.78. The molecule has 0 bridgehead atoms. The number of H-pyrrole nitrogens is 1. The molecule has 0 radical (unpaired) electrons. The zero-order valence-corrected chi connectivity index (χ0v) is 13.5. The number of hydrogen-bond donors (Lipinski definition) is 2. The summed E-state index contributed by atoms with van der Waals surface area (Å²) in [7, 11) is 1.64. The summed E-state index contributed by atoms with van der Waals surface area (Å²) in [6.45, 7) is 0. The molecule has 0 saturated carbocycles. The van der Waals surface area contributed by atoms with E-state index in [2.05, 4.69) is 26.2 Å². The Morgan fingerprint density at radius 1 is 1.18 bits per heavy atom. The molecule has 110 valence electrons. The number of hydrogen-bond acceptors (Lipinski definition) is 2. The lowest BCUT2D eigenvalue weighted by atomic mass is 10.0. The first kappa shape index (κ1) is 13.4. The number of carbonyl (C=O) groups excluding carboxylic acids is 1. The Bertz CT molecular complexity index is 914. The predicted octanol–water partition coefficient (Wildman–Crippen LogP) is 4.10. The van der Waals surface area contributed by atoms with Gasteiger partial charge in [-0.1, -0.05) is 15.9 Å². The van der Waals surface area contributed by atoms with Crippen molar-refractivity contribution in [1.29, 1.82) is 0 Å². The molecule has 2 heterocycles. The summed E-state index contributed by atoms with van der Waals surface area (Å²) in [4.78, 5) is 15.7. The summed E-state index contributed by atoms with van der Waals surface area (Å²) in [6, 6.07) is 11.7. The number of methoxy groups -OCH3 is 1. The highest BCUT2D eigenvalue weighted by Gasteiger charge is 2.23. The molecular formula is C17H13BrN2O2. The topological polar surface area (TPSA) is 54.1 Å². The normalized spacial score (nSPS) is 13.3. The van der Waals surface area contributed by atoms with Crippen molar-refractivity contribution in [1.82, 2.24) is 4.98 Å². The summed E-state index contributed by atoms with van der Waals surface area (Å²) in [6.07, 6.45) is 0.350. The minimum Gasteiger partial charge on any atom is -0.497 e. The fourth-order valence-electron chi connectivity index (χ4n) is 2.95. The first-order valence-electron chi connectivity index (χ1n) is 6.94. The average molecular weight is 357 g/mol. The highest BCUT2D eigenvalue weighted by molar-refractivity contribution is 9.10. The van der Waals surface area contributed by atoms with E-state index in [1.165, 1.54) is 0 Å². The van der Waals surface area contributed by atoms with Gasteiger partial charge in [-0.3, -0.25) is 4.79 Å². The second-order valence-corrected chi connectivity index (χ2v) is 6.22. The van der Waals surface area contributed by atoms with Crippen molar-refractivity contribution in [2.45, 2.75) is 6.42 Å². The van der Waals surface area contributed by atoms with Gasteiger partial charge < -0.3 is 15.0 Å². The molecule has 4 nitrogen and oxygen atoms in total. The van der Waals surface area contributed by atoms with Gasteiger partial charge in [0.2, 0.25) is 5.91 Å². The Morgan fingerprint density at radius 3 is 2.86 bits per heavy atom. The molecule has 1 amide bonds. The molecule has 0 unspecified atom stereocenters. The minimum atomic E-state index is -0.00829. The van der Waals surface area contributed by atoms with Gasteiger partial charge in [0.1, 0.15) is 5.75 Å². The predicted molar refractivity (Wildman–Crippen MR) is 90.3 cm³/mol. The van der Waals surface area contributed by atoms with Gasteiger partial charge in [0.05, 0.1) is 24.9 Å². The molecule has 3 aromatic rings. The monoisotopic (exact) mass is 356 g/mol. The number of nitrogens with one attached hydrogen (secondary N) is 2. The lowest BCUT2D eigenvalue weighted by Gasteiger charge is -2.09. The number of aromatic amines is 1. The molecule has 0 spiro atoms. The van der Waals surface area contributed by atoms with E-state index in [0.29, 0.717) is 6.42 Å². The highest BCUT2D eigenvalue weighted by Crippen LogP contribution is 2.39. The van der Waals surface area contributed by atoms with Gasteiger partial charge in [-0.05, 0) is 42.0 Å². The van der Waals surface area contributed by atoms with Crippen LogP contribution in [0.2, 0.25) is 0 Å². The SMILES string of the molecule is COc1ccc2c(c1)-c1[nH]c3ccc(Br)cc3c1CC(=O)N2. The van der Waals surface area contributed by atoms with Crippen LogP contribution in [0, 0.1) is 0 Å². The number of halogens is 1. The number of carbonyl (C=O) groups is 1. The third kappa shape index (κ3) is 2.01. The van der Waals surface area contributed by atoms with Crippen molar-refractivity contribution in [2.24, 2.45) is 0 Å². The fraction of sp³-hybridized carbons (Fsp3) is 0.118. The van der Waals surface area contributed by atoms with Gasteiger partial charge in [-0.2, -0.15) is 0 Å². The Balaban J connectivity index is 2.06. The maximum atomic E-state index is 12.2. The first-order valence-corrected chi connectivity index (χ1v) is 7.73. The molecule has 1 aromatic heterocycles. The number of amides is 1. The Labute approximate surface area is 135 Å². The fourth-order valence-corrected chi connectivity index (χ4v) is 3.32. The summed E-state index contributed by atoms with van der Waals surface area (Å²) in [5, 5.41) is 4.02. The van der Waals surface area contributed by atoms with Crippen LogP contribution in [-0.2, 0) is 11.2 Å². The molecule has 22 heavy (non-hydrogen) atoms. The van der Waals surface area contributed by atoms with Crippen LogP contribution < -0.4 is 10.1 Å². The number of benzene rings is 2. The molecule has 4 rings (SSSR count). The number of aromatic nitrogens is 1. The van der Waals surface area contributed by atoms with E-state index in [4.69, 9.17) is 4.74 Å². The molecule has 2 N–H and O–H groups in total. The maximum Gasteiger partial charge on any atom is 0.228 e. The van der Waals surface area contributed by atoms with Crippen molar-refractivity contribution in [3.63, 3.8) is 0 Å². The van der Waals surface area contributed by atoms with Crippen molar-refractivity contribution in [3.05, 3.63) is 46.4 Å². The van der Waals surface area contributed by atoms with Crippen molar-refractivity contribution in [3.8, 4) is 17.0 Å². The largest absolute Gasteiger partial charge is 0.497 e. The van der Waals surface area contributed by atoms with E-state index < -0.39 is 0 Å². The van der Waals surface area contributed by atoms with Gasteiger partial charge in [0.25, 0.3) is 0 Å². The van der Waals surface area contributed by atoms with E-state index in [1.807, 2.05) is 36.4 Å². The maximum absolute atomic E-state index is 12.2. The molecule has 0 saturated heterocycles. The van der Waals surface area contributed by atoms with E-state index in [1.54, 1.807) is 7.11 Å². The first-order chi connectivity index (χ1) is 10.7. The molecule has 2 aromatic carbocycles. The van der Waals surface area contributed by atoms with Crippen LogP contribution in [0.1, 0.15) is 5.56 Å². The quantitative estimate of drug-likeness (QED) is 0.689. The van der Waals surface area contributed by atoms with E-state index in [0.717, 1.165) is 43.6 Å². The minimum absolute atomic E-state index is 0.00829. The highest BCUT2D eigenvalue weighted by atomic mass is 79.9. The number of anilines is 1. The molecule has 1 aliphatic rings. The van der Waals surface area contributed by atoms with Gasteiger partial charge in [0.15, 0.2) is 0 Å². The summed E-state index contributed by atoms with van der Waals surface area (Å²) in [5.74, 6) is 0.756. The van der Waals surface area contributed by atoms with Crippen molar-refractivity contribution < 1.29 is 9.53 Å². The Hall–Kier alpha value is -2.27. The lowest BCUT2D eigenvalue weighted by molar-refractivity contribution is -0.115. The second kappa shape index (κ2) is 4.88. The van der Waals surface area contributed by atoms with E-state index >= 15 is 0 Å². The molecule has 0 fully saturated rings. The van der Waals surface area contributed by atoms with E-state index in [-0.39, 0.29) is 5.91 Å². The van der Waals surface area contributed by atoms with Crippen LogP contribution >= 0.6 is 15.9 Å². The van der Waals surface area contributed by atoms with Crippen LogP contribution in [0.15, 0.2) is 40.9 Å². The molecule has 1 aliphatic heterocycles. The molecule has 0 aliphatic carbocycles. The summed E-state index contributed by atoms with van der Waals surface area (Å²) in [5.41, 5.74) is 4.76. The van der Waals surface area contributed by atoms with Gasteiger partial charge >= 0.3 is 0 Å². The van der Waals surface area contributed by atoms with Gasteiger partial charge in [0, 0.05) is 20.9 Å². The number of rotatable bonds is 1. The Kier molecular flexibility index (Phi) is 2.97. The van der Waals surface area contributed by atoms with Gasteiger partial charge in [-0.25, -0.2) is 0 Å². The Morgan fingerprint density at radius 2 is 2.05 bits per heavy atom. The smallest absolute Gasteiger partial charge is 0.228 e. The number of fused-ring (bicyclic) bond motifs is 5. The van der Waals surface area contributed by atoms with Crippen molar-refractivity contribution >= 4 is 38.4 Å². The van der Waals surface area contributed by atoms with Crippen molar-refractivity contribution in [2.75, 3.05) is 12.4 Å². The number of ether oxygens (including phenoxy) is 1. The lowest BCUT2D eigenvalue weighted by Crippen LogP contribution is -2.12. The van der Waals surface area contributed by atoms with E-state index in [9.17, 15) is 4.79 Å². The van der Waals surface area contributed by atoms with Gasteiger partial charge in [-0.15, -0.1) is 0 Å². The molecular weight excluding hydrogens is 344 g/mol. The van der Waals surface area contributed by atoms with Crippen LogP contribution in [0.25, 0.3) is 22.2 Å². The van der Waals surface area contributed by atoms with Crippen LogP contribution in [0.3, 0.4) is 0 Å². The van der Waals surface area contributed by atoms with Crippen LogP contribution in [0.4, 0.5) is 5.69 Å². The summed E-state index contributed by atoms with van der Waals surface area (Å²) < 4.78 is 6.32. The van der Waals surface area contributed by atoms with Crippen LogP contribution in [-0.4, -0.2) is 18.0 Å². The van der Waals surface area contributed by atoms with Crippen LogP contribution in [0.5, 0.6) is 5.75 Å². The zero-order valence-electron chi connectivity index (χ0n) is 11.9. The third-order valence-electron chi connectivity index (χ3n) is 3.98. The summed E-state index contributed by atoms with van der Waals surface area (Å²) >= 11 is 3.50. The molecule has 5 heteroatoms. The second-order valence-electron chi connectivity index (χ2n) is 5.30.